The monoisotopic (exact) mass is 453 g/mol. The van der Waals surface area contributed by atoms with Crippen LogP contribution in [0.15, 0.2) is 43.0 Å². The number of fused-ring (bicyclic) bond motifs is 4. The number of aromatic hydroxyl groups is 1. The Labute approximate surface area is 198 Å². The van der Waals surface area contributed by atoms with Crippen LogP contribution in [-0.4, -0.2) is 44.8 Å². The number of benzene rings is 2. The van der Waals surface area contributed by atoms with Crippen LogP contribution in [0.1, 0.15) is 46.9 Å². The van der Waals surface area contributed by atoms with Crippen molar-refractivity contribution in [2.24, 2.45) is 0 Å². The first-order chi connectivity index (χ1) is 16.5. The van der Waals surface area contributed by atoms with E-state index in [0.717, 1.165) is 65.6 Å². The van der Waals surface area contributed by atoms with Crippen molar-refractivity contribution in [3.05, 3.63) is 70.9 Å². The van der Waals surface area contributed by atoms with Crippen LogP contribution in [0.5, 0.6) is 11.5 Å². The molecule has 0 unspecified atom stereocenters. The SMILES string of the molecule is C=CCCN1CC[C@]23c4c5ccc(O)c4O[C@H]2c2[nH]c4ccc(CC#N)cc4c2C[C@@]3(O)[C@@H]1C5. The Morgan fingerprint density at radius 1 is 1.32 bits per heavy atom. The first-order valence-corrected chi connectivity index (χ1v) is 12.1. The second-order valence-electron chi connectivity index (χ2n) is 10.3. The molecule has 4 aliphatic rings. The summed E-state index contributed by atoms with van der Waals surface area (Å²) in [5, 5.41) is 33.8. The number of likely N-dealkylation sites (tertiary alicyclic amines) is 1. The van der Waals surface area contributed by atoms with E-state index in [2.05, 4.69) is 28.6 Å². The van der Waals surface area contributed by atoms with E-state index >= 15 is 0 Å². The molecule has 1 aromatic heterocycles. The quantitative estimate of drug-likeness (QED) is 0.523. The highest BCUT2D eigenvalue weighted by molar-refractivity contribution is 5.87. The Morgan fingerprint density at radius 3 is 3.03 bits per heavy atom. The van der Waals surface area contributed by atoms with Gasteiger partial charge in [-0.2, -0.15) is 5.26 Å². The number of aliphatic hydroxyl groups is 1. The van der Waals surface area contributed by atoms with Crippen LogP contribution in [-0.2, 0) is 24.7 Å². The van der Waals surface area contributed by atoms with E-state index in [1.54, 1.807) is 6.07 Å². The van der Waals surface area contributed by atoms with E-state index in [1.807, 2.05) is 24.3 Å². The Hall–Kier alpha value is -3.27. The third-order valence-corrected chi connectivity index (χ3v) is 8.94. The van der Waals surface area contributed by atoms with Crippen LogP contribution < -0.4 is 4.74 Å². The van der Waals surface area contributed by atoms with Crippen molar-refractivity contribution < 1.29 is 14.9 Å². The Kier molecular flexibility index (Phi) is 3.94. The van der Waals surface area contributed by atoms with Gasteiger partial charge in [0.05, 0.1) is 29.2 Å². The lowest BCUT2D eigenvalue weighted by molar-refractivity contribution is -0.172. The van der Waals surface area contributed by atoms with Gasteiger partial charge >= 0.3 is 0 Å². The van der Waals surface area contributed by atoms with Crippen molar-refractivity contribution >= 4 is 10.9 Å². The third-order valence-electron chi connectivity index (χ3n) is 8.94. The molecule has 1 spiro atoms. The molecule has 6 heteroatoms. The van der Waals surface area contributed by atoms with E-state index in [1.165, 1.54) is 5.56 Å². The van der Waals surface area contributed by atoms with Crippen LogP contribution in [0.25, 0.3) is 10.9 Å². The van der Waals surface area contributed by atoms with Gasteiger partial charge < -0.3 is 19.9 Å². The highest BCUT2D eigenvalue weighted by atomic mass is 16.5. The minimum absolute atomic E-state index is 0.0457. The largest absolute Gasteiger partial charge is 0.504 e. The van der Waals surface area contributed by atoms with Gasteiger partial charge in [-0.3, -0.25) is 4.90 Å². The second kappa shape index (κ2) is 6.65. The van der Waals surface area contributed by atoms with E-state index in [4.69, 9.17) is 4.74 Å². The molecular formula is C28H27N3O3. The maximum absolute atomic E-state index is 12.8. The van der Waals surface area contributed by atoms with Crippen molar-refractivity contribution in [1.29, 1.82) is 5.26 Å². The average molecular weight is 454 g/mol. The number of nitrogens with one attached hydrogen (secondary N) is 1. The average Bonchev–Trinajstić information content (AvgIpc) is 3.35. The summed E-state index contributed by atoms with van der Waals surface area (Å²) in [6, 6.07) is 12.0. The molecule has 3 aromatic rings. The van der Waals surface area contributed by atoms with Crippen molar-refractivity contribution in [1.82, 2.24) is 9.88 Å². The molecule has 34 heavy (non-hydrogen) atoms. The fraction of sp³-hybridized carbons (Fsp3) is 0.393. The Bertz CT molecular complexity index is 1420. The van der Waals surface area contributed by atoms with Crippen molar-refractivity contribution in [3.63, 3.8) is 0 Å². The minimum atomic E-state index is -1.03. The van der Waals surface area contributed by atoms with Gasteiger partial charge in [-0.1, -0.05) is 18.2 Å². The molecule has 2 aromatic carbocycles. The fourth-order valence-electron chi connectivity index (χ4n) is 7.54. The number of aromatic amines is 1. The molecule has 0 saturated carbocycles. The molecule has 172 valence electrons. The zero-order valence-corrected chi connectivity index (χ0v) is 19.0. The summed E-state index contributed by atoms with van der Waals surface area (Å²) in [5.74, 6) is 0.682. The number of phenols is 1. The molecule has 2 aliphatic carbocycles. The summed E-state index contributed by atoms with van der Waals surface area (Å²) < 4.78 is 6.60. The molecule has 4 atom stereocenters. The lowest BCUT2D eigenvalue weighted by Crippen LogP contribution is -2.74. The normalized spacial score (nSPS) is 30.4. The number of rotatable bonds is 4. The molecule has 1 fully saturated rings. The molecule has 0 amide bonds. The van der Waals surface area contributed by atoms with Gasteiger partial charge in [0.2, 0.25) is 0 Å². The summed E-state index contributed by atoms with van der Waals surface area (Å²) in [4.78, 5) is 6.04. The highest BCUT2D eigenvalue weighted by Crippen LogP contribution is 2.68. The van der Waals surface area contributed by atoms with Crippen molar-refractivity contribution in [3.8, 4) is 17.6 Å². The number of phenolic OH excluding ortho intramolecular Hbond substituents is 1. The molecule has 2 bridgehead atoms. The molecule has 1 saturated heterocycles. The van der Waals surface area contributed by atoms with Gasteiger partial charge in [0.25, 0.3) is 0 Å². The van der Waals surface area contributed by atoms with Gasteiger partial charge in [0, 0.05) is 35.5 Å². The second-order valence-corrected chi connectivity index (χ2v) is 10.3. The van der Waals surface area contributed by atoms with Crippen molar-refractivity contribution in [2.45, 2.75) is 55.3 Å². The number of hydrogen-bond acceptors (Lipinski definition) is 5. The zero-order chi connectivity index (χ0) is 23.2. The number of piperidine rings is 1. The van der Waals surface area contributed by atoms with Gasteiger partial charge in [0.15, 0.2) is 17.6 Å². The summed E-state index contributed by atoms with van der Waals surface area (Å²) in [6.45, 7) is 5.64. The summed E-state index contributed by atoms with van der Waals surface area (Å²) in [6.07, 6.45) is 4.79. The minimum Gasteiger partial charge on any atom is -0.504 e. The smallest absolute Gasteiger partial charge is 0.166 e. The van der Waals surface area contributed by atoms with Crippen LogP contribution in [0, 0.1) is 11.3 Å². The first kappa shape index (κ1) is 20.1. The number of ether oxygens (including phenoxy) is 1. The predicted molar refractivity (Wildman–Crippen MR) is 128 cm³/mol. The van der Waals surface area contributed by atoms with E-state index in [9.17, 15) is 15.5 Å². The van der Waals surface area contributed by atoms with Crippen LogP contribution in [0.3, 0.4) is 0 Å². The zero-order valence-electron chi connectivity index (χ0n) is 19.0. The molecular weight excluding hydrogens is 426 g/mol. The van der Waals surface area contributed by atoms with Crippen LogP contribution in [0.2, 0.25) is 0 Å². The maximum Gasteiger partial charge on any atom is 0.166 e. The van der Waals surface area contributed by atoms with Crippen LogP contribution >= 0.6 is 0 Å². The molecule has 2 aliphatic heterocycles. The van der Waals surface area contributed by atoms with Gasteiger partial charge in [0.1, 0.15) is 0 Å². The summed E-state index contributed by atoms with van der Waals surface area (Å²) in [7, 11) is 0. The molecule has 0 radical (unpaired) electrons. The predicted octanol–water partition coefficient (Wildman–Crippen LogP) is 3.80. The molecule has 3 heterocycles. The Morgan fingerprint density at radius 2 is 2.21 bits per heavy atom. The Balaban J connectivity index is 1.49. The van der Waals surface area contributed by atoms with E-state index in [0.29, 0.717) is 18.6 Å². The highest BCUT2D eigenvalue weighted by Gasteiger charge is 2.72. The number of aromatic nitrogens is 1. The number of nitrogens with zero attached hydrogens (tertiary/aromatic N) is 2. The number of nitriles is 1. The number of H-pyrrole nitrogens is 1. The van der Waals surface area contributed by atoms with E-state index < -0.39 is 11.0 Å². The van der Waals surface area contributed by atoms with Crippen molar-refractivity contribution in [2.75, 3.05) is 13.1 Å². The fourth-order valence-corrected chi connectivity index (χ4v) is 7.54. The third kappa shape index (κ3) is 2.22. The molecule has 3 N–H and O–H groups in total. The van der Waals surface area contributed by atoms with Gasteiger partial charge in [-0.15, -0.1) is 6.58 Å². The maximum atomic E-state index is 12.8. The van der Waals surface area contributed by atoms with Gasteiger partial charge in [-0.05, 0) is 60.7 Å². The van der Waals surface area contributed by atoms with Gasteiger partial charge in [-0.25, -0.2) is 0 Å². The van der Waals surface area contributed by atoms with Crippen LogP contribution in [0.4, 0.5) is 0 Å². The first-order valence-electron chi connectivity index (χ1n) is 12.1. The lowest BCUT2D eigenvalue weighted by atomic mass is 9.49. The van der Waals surface area contributed by atoms with E-state index in [-0.39, 0.29) is 17.9 Å². The molecule has 7 rings (SSSR count). The summed E-state index contributed by atoms with van der Waals surface area (Å²) in [5.41, 5.74) is 4.57. The standard InChI is InChI=1S/C28H27N3O3/c1-2-3-11-31-12-9-27-23-17-5-7-21(32)25(23)34-26(27)24-19(15-28(27,33)22(31)14-17)18-13-16(8-10-29)4-6-20(18)30-24/h2,4-7,13,22,26,30,32-33H,1,3,8-9,11-12,14-15H2/t22-,26-,27-,28+/m0/s1. The number of hydrogen-bond donors (Lipinski definition) is 3. The lowest BCUT2D eigenvalue weighted by Gasteiger charge is -2.62. The topological polar surface area (TPSA) is 92.5 Å². The molecule has 6 nitrogen and oxygen atoms in total. The summed E-state index contributed by atoms with van der Waals surface area (Å²) >= 11 is 0.